The van der Waals surface area contributed by atoms with E-state index in [0.717, 1.165) is 34.7 Å². The number of hydrogen-bond donors (Lipinski definition) is 1. The Morgan fingerprint density at radius 3 is 2.85 bits per heavy atom. The third-order valence-electron chi connectivity index (χ3n) is 3.33. The first-order valence-electron chi connectivity index (χ1n) is 6.53. The van der Waals surface area contributed by atoms with Gasteiger partial charge in [-0.25, -0.2) is 0 Å². The van der Waals surface area contributed by atoms with Gasteiger partial charge in [0.05, 0.1) is 17.5 Å². The summed E-state index contributed by atoms with van der Waals surface area (Å²) >= 11 is 0. The third kappa shape index (κ3) is 1.87. The molecule has 0 fully saturated rings. The van der Waals surface area contributed by atoms with Gasteiger partial charge in [-0.1, -0.05) is 13.0 Å². The molecule has 0 spiro atoms. The largest absolute Gasteiger partial charge is 0.469 e. The minimum atomic E-state index is 0.599. The average Bonchev–Trinajstić information content (AvgIpc) is 3.05. The van der Waals surface area contributed by atoms with Gasteiger partial charge >= 0.3 is 0 Å². The molecule has 3 aromatic rings. The lowest BCUT2D eigenvalue weighted by Crippen LogP contribution is -1.98. The van der Waals surface area contributed by atoms with E-state index in [4.69, 9.17) is 10.2 Å². The van der Waals surface area contributed by atoms with Crippen molar-refractivity contribution in [2.75, 3.05) is 5.73 Å². The first kappa shape index (κ1) is 12.5. The molecule has 3 rings (SSSR count). The first-order valence-corrected chi connectivity index (χ1v) is 6.53. The van der Waals surface area contributed by atoms with E-state index in [0.29, 0.717) is 5.82 Å². The Morgan fingerprint density at radius 1 is 1.30 bits per heavy atom. The molecule has 102 valence electrons. The predicted molar refractivity (Wildman–Crippen MR) is 77.9 cm³/mol. The summed E-state index contributed by atoms with van der Waals surface area (Å²) in [5, 5.41) is 4.53. The van der Waals surface area contributed by atoms with Crippen LogP contribution in [0, 0.1) is 0 Å². The number of pyridine rings is 1. The highest BCUT2D eigenvalue weighted by molar-refractivity contribution is 5.87. The van der Waals surface area contributed by atoms with Gasteiger partial charge in [-0.15, -0.1) is 0 Å². The van der Waals surface area contributed by atoms with E-state index in [1.165, 1.54) is 0 Å². The lowest BCUT2D eigenvalue weighted by Gasteiger charge is -2.03. The summed E-state index contributed by atoms with van der Waals surface area (Å²) in [6, 6.07) is 7.68. The van der Waals surface area contributed by atoms with E-state index < -0.39 is 0 Å². The number of anilines is 1. The van der Waals surface area contributed by atoms with E-state index in [9.17, 15) is 0 Å². The zero-order chi connectivity index (χ0) is 14.1. The van der Waals surface area contributed by atoms with Crippen LogP contribution in [0.1, 0.15) is 12.7 Å². The Balaban J connectivity index is 2.25. The van der Waals surface area contributed by atoms with Crippen molar-refractivity contribution < 1.29 is 4.42 Å². The maximum atomic E-state index is 6.16. The van der Waals surface area contributed by atoms with Crippen molar-refractivity contribution in [1.82, 2.24) is 14.8 Å². The van der Waals surface area contributed by atoms with Gasteiger partial charge in [-0.05, 0) is 18.2 Å². The average molecular weight is 268 g/mol. The second-order valence-electron chi connectivity index (χ2n) is 4.56. The fourth-order valence-electron chi connectivity index (χ4n) is 2.31. The highest BCUT2D eigenvalue weighted by atomic mass is 16.3. The summed E-state index contributed by atoms with van der Waals surface area (Å²) in [6.45, 7) is 2.05. The second-order valence-corrected chi connectivity index (χ2v) is 4.56. The van der Waals surface area contributed by atoms with Crippen LogP contribution >= 0.6 is 0 Å². The van der Waals surface area contributed by atoms with Gasteiger partial charge in [-0.3, -0.25) is 9.67 Å². The van der Waals surface area contributed by atoms with E-state index in [1.54, 1.807) is 17.1 Å². The monoisotopic (exact) mass is 268 g/mol. The minimum absolute atomic E-state index is 0.599. The molecule has 3 heterocycles. The van der Waals surface area contributed by atoms with Crippen LogP contribution in [-0.4, -0.2) is 14.8 Å². The van der Waals surface area contributed by atoms with Gasteiger partial charge in [0.25, 0.3) is 0 Å². The van der Waals surface area contributed by atoms with Crippen LogP contribution in [0.2, 0.25) is 0 Å². The summed E-state index contributed by atoms with van der Waals surface area (Å²) in [4.78, 5) is 4.39. The molecule has 0 unspecified atom stereocenters. The standard InChI is InChI=1S/C15H16N4O/c1-3-12-10(7-9-20-12)14-13(15(16)19(2)18-14)11-6-4-5-8-17-11/h4-9H,3,16H2,1-2H3. The van der Waals surface area contributed by atoms with Crippen LogP contribution in [0.5, 0.6) is 0 Å². The molecular weight excluding hydrogens is 252 g/mol. The fraction of sp³-hybridized carbons (Fsp3) is 0.200. The summed E-state index contributed by atoms with van der Waals surface area (Å²) in [6.07, 6.45) is 4.24. The van der Waals surface area contributed by atoms with Crippen LogP contribution < -0.4 is 5.73 Å². The van der Waals surface area contributed by atoms with E-state index >= 15 is 0 Å². The highest BCUT2D eigenvalue weighted by Crippen LogP contribution is 2.36. The fourth-order valence-corrected chi connectivity index (χ4v) is 2.31. The number of nitrogens with two attached hydrogens (primary N) is 1. The Bertz CT molecular complexity index is 728. The molecule has 0 aliphatic rings. The van der Waals surface area contributed by atoms with Crippen molar-refractivity contribution in [3.63, 3.8) is 0 Å². The molecule has 0 atom stereocenters. The van der Waals surface area contributed by atoms with Gasteiger partial charge in [0.15, 0.2) is 0 Å². The van der Waals surface area contributed by atoms with E-state index in [-0.39, 0.29) is 0 Å². The van der Waals surface area contributed by atoms with Crippen molar-refractivity contribution >= 4 is 5.82 Å². The second kappa shape index (κ2) is 4.85. The topological polar surface area (TPSA) is 69.9 Å². The third-order valence-corrected chi connectivity index (χ3v) is 3.33. The molecule has 2 N–H and O–H groups in total. The van der Waals surface area contributed by atoms with Gasteiger partial charge in [0.1, 0.15) is 17.3 Å². The lowest BCUT2D eigenvalue weighted by atomic mass is 10.0. The minimum Gasteiger partial charge on any atom is -0.469 e. The molecule has 0 saturated heterocycles. The van der Waals surface area contributed by atoms with Crippen molar-refractivity contribution in [2.24, 2.45) is 7.05 Å². The smallest absolute Gasteiger partial charge is 0.131 e. The predicted octanol–water partition coefficient (Wildman–Crippen LogP) is 2.89. The zero-order valence-electron chi connectivity index (χ0n) is 11.5. The number of nitrogens with zero attached hydrogens (tertiary/aromatic N) is 3. The summed E-state index contributed by atoms with van der Waals surface area (Å²) in [5.41, 5.74) is 9.62. The van der Waals surface area contributed by atoms with Crippen molar-refractivity contribution in [2.45, 2.75) is 13.3 Å². The Morgan fingerprint density at radius 2 is 2.15 bits per heavy atom. The van der Waals surface area contributed by atoms with Gasteiger partial charge < -0.3 is 10.2 Å². The molecular formula is C15H16N4O. The van der Waals surface area contributed by atoms with E-state index in [2.05, 4.69) is 17.0 Å². The highest BCUT2D eigenvalue weighted by Gasteiger charge is 2.21. The van der Waals surface area contributed by atoms with Crippen molar-refractivity contribution in [3.05, 3.63) is 42.5 Å². The number of aromatic nitrogens is 3. The number of nitrogen functional groups attached to an aromatic ring is 1. The van der Waals surface area contributed by atoms with Gasteiger partial charge in [0.2, 0.25) is 0 Å². The first-order chi connectivity index (χ1) is 9.72. The molecule has 0 aromatic carbocycles. The normalized spacial score (nSPS) is 10.9. The number of rotatable bonds is 3. The van der Waals surface area contributed by atoms with Gasteiger partial charge in [0, 0.05) is 25.2 Å². The SMILES string of the molecule is CCc1occc1-c1nn(C)c(N)c1-c1ccccn1. The van der Waals surface area contributed by atoms with Crippen LogP contribution in [0.15, 0.2) is 41.1 Å². The molecule has 0 aliphatic carbocycles. The molecule has 5 nitrogen and oxygen atoms in total. The van der Waals surface area contributed by atoms with Crippen LogP contribution in [0.25, 0.3) is 22.5 Å². The maximum absolute atomic E-state index is 6.16. The number of hydrogen-bond acceptors (Lipinski definition) is 4. The maximum Gasteiger partial charge on any atom is 0.131 e. The molecule has 0 aliphatic heterocycles. The molecule has 3 aromatic heterocycles. The Kier molecular flexibility index (Phi) is 3.02. The Labute approximate surface area is 117 Å². The van der Waals surface area contributed by atoms with E-state index in [1.807, 2.05) is 31.3 Å². The Hall–Kier alpha value is -2.56. The van der Waals surface area contributed by atoms with Gasteiger partial charge in [-0.2, -0.15) is 5.10 Å². The number of aryl methyl sites for hydroxylation is 2. The molecule has 0 amide bonds. The summed E-state index contributed by atoms with van der Waals surface area (Å²) in [7, 11) is 1.83. The molecule has 0 bridgehead atoms. The molecule has 5 heteroatoms. The lowest BCUT2D eigenvalue weighted by molar-refractivity contribution is 0.517. The summed E-state index contributed by atoms with van der Waals surface area (Å²) in [5.74, 6) is 1.50. The van der Waals surface area contributed by atoms with Crippen LogP contribution in [0.4, 0.5) is 5.82 Å². The van der Waals surface area contributed by atoms with Crippen molar-refractivity contribution in [3.8, 4) is 22.5 Å². The molecule has 20 heavy (non-hydrogen) atoms. The van der Waals surface area contributed by atoms with Crippen LogP contribution in [-0.2, 0) is 13.5 Å². The molecule has 0 saturated carbocycles. The van der Waals surface area contributed by atoms with Crippen molar-refractivity contribution in [1.29, 1.82) is 0 Å². The van der Waals surface area contributed by atoms with Crippen LogP contribution in [0.3, 0.4) is 0 Å². The quantitative estimate of drug-likeness (QED) is 0.793. The zero-order valence-corrected chi connectivity index (χ0v) is 11.5. The number of furan rings is 1. The molecule has 0 radical (unpaired) electrons. The summed E-state index contributed by atoms with van der Waals surface area (Å²) < 4.78 is 7.17.